The fourth-order valence-electron chi connectivity index (χ4n) is 4.36. The number of likely N-dealkylation sites (tertiary alicyclic amines) is 2. The molecule has 0 radical (unpaired) electrons. The predicted octanol–water partition coefficient (Wildman–Crippen LogP) is 1.46. The van der Waals surface area contributed by atoms with Gasteiger partial charge in [0, 0.05) is 22.9 Å². The summed E-state index contributed by atoms with van der Waals surface area (Å²) in [6.45, 7) is 6.54. The standard InChI is InChI=1S/C19H29BrN2O/c1-23-19-7-6-17(20)14-16(19)15-21-12-8-18(9-13-21)22-10-4-2-3-5-11-22/h6-7,14,18H,2-5,8-13,15H2,1H3/p+2. The molecule has 2 heterocycles. The molecule has 0 aliphatic carbocycles. The lowest BCUT2D eigenvalue weighted by Crippen LogP contribution is -3.20. The van der Waals surface area contributed by atoms with E-state index in [9.17, 15) is 0 Å². The molecule has 1 aromatic carbocycles. The van der Waals surface area contributed by atoms with Crippen LogP contribution in [0.4, 0.5) is 0 Å². The van der Waals surface area contributed by atoms with Crippen LogP contribution in [0.2, 0.25) is 0 Å². The van der Waals surface area contributed by atoms with E-state index < -0.39 is 0 Å². The number of benzene rings is 1. The van der Waals surface area contributed by atoms with E-state index in [1.807, 2.05) is 4.90 Å². The van der Waals surface area contributed by atoms with Crippen LogP contribution in [0.15, 0.2) is 22.7 Å². The Morgan fingerprint density at radius 1 is 1.04 bits per heavy atom. The van der Waals surface area contributed by atoms with Gasteiger partial charge in [-0.3, -0.25) is 0 Å². The van der Waals surface area contributed by atoms with E-state index in [-0.39, 0.29) is 0 Å². The molecule has 0 bridgehead atoms. The first kappa shape index (κ1) is 17.2. The Kier molecular flexibility index (Phi) is 6.37. The highest BCUT2D eigenvalue weighted by molar-refractivity contribution is 9.10. The molecule has 2 saturated heterocycles. The van der Waals surface area contributed by atoms with Crippen molar-refractivity contribution in [3.05, 3.63) is 28.2 Å². The van der Waals surface area contributed by atoms with Crippen molar-refractivity contribution in [2.24, 2.45) is 0 Å². The van der Waals surface area contributed by atoms with Crippen LogP contribution in [0.3, 0.4) is 0 Å². The molecule has 23 heavy (non-hydrogen) atoms. The van der Waals surface area contributed by atoms with E-state index in [2.05, 4.69) is 34.1 Å². The summed E-state index contributed by atoms with van der Waals surface area (Å²) in [7, 11) is 1.77. The fourth-order valence-corrected chi connectivity index (χ4v) is 4.77. The molecule has 0 unspecified atom stereocenters. The third kappa shape index (κ3) is 4.71. The van der Waals surface area contributed by atoms with Crippen LogP contribution in [0.1, 0.15) is 44.1 Å². The van der Waals surface area contributed by atoms with Gasteiger partial charge in [0.05, 0.1) is 39.3 Å². The maximum absolute atomic E-state index is 5.53. The van der Waals surface area contributed by atoms with Gasteiger partial charge in [-0.2, -0.15) is 0 Å². The quantitative estimate of drug-likeness (QED) is 0.806. The molecule has 3 nitrogen and oxygen atoms in total. The Labute approximate surface area is 149 Å². The van der Waals surface area contributed by atoms with E-state index in [1.54, 1.807) is 12.0 Å². The van der Waals surface area contributed by atoms with Crippen molar-refractivity contribution in [2.75, 3.05) is 33.3 Å². The molecule has 0 aromatic heterocycles. The van der Waals surface area contributed by atoms with Crippen molar-refractivity contribution in [3.63, 3.8) is 0 Å². The van der Waals surface area contributed by atoms with Crippen LogP contribution in [0.5, 0.6) is 5.75 Å². The molecule has 0 amide bonds. The molecule has 4 heteroatoms. The molecular weight excluding hydrogens is 352 g/mol. The monoisotopic (exact) mass is 382 g/mol. The number of nitrogens with one attached hydrogen (secondary N) is 2. The first-order chi connectivity index (χ1) is 11.3. The first-order valence-corrected chi connectivity index (χ1v) is 10.1. The smallest absolute Gasteiger partial charge is 0.127 e. The van der Waals surface area contributed by atoms with E-state index >= 15 is 0 Å². The molecule has 2 aliphatic rings. The maximum Gasteiger partial charge on any atom is 0.127 e. The molecule has 3 rings (SSSR count). The van der Waals surface area contributed by atoms with Gasteiger partial charge in [-0.15, -0.1) is 0 Å². The second-order valence-corrected chi connectivity index (χ2v) is 8.15. The molecular formula is C19H31BrN2O+2. The molecule has 1 aromatic rings. The van der Waals surface area contributed by atoms with E-state index in [0.717, 1.165) is 22.8 Å². The summed E-state index contributed by atoms with van der Waals surface area (Å²) in [5.74, 6) is 1.03. The second-order valence-electron chi connectivity index (χ2n) is 7.23. The molecule has 2 aliphatic heterocycles. The van der Waals surface area contributed by atoms with Gasteiger partial charge >= 0.3 is 0 Å². The maximum atomic E-state index is 5.53. The highest BCUT2D eigenvalue weighted by Gasteiger charge is 2.30. The lowest BCUT2D eigenvalue weighted by molar-refractivity contribution is -0.963. The Hall–Kier alpha value is -0.580. The van der Waals surface area contributed by atoms with Crippen molar-refractivity contribution in [1.29, 1.82) is 0 Å². The Morgan fingerprint density at radius 3 is 2.39 bits per heavy atom. The Bertz CT molecular complexity index is 492. The molecule has 0 saturated carbocycles. The summed E-state index contributed by atoms with van der Waals surface area (Å²) in [5, 5.41) is 0. The van der Waals surface area contributed by atoms with Crippen LogP contribution >= 0.6 is 15.9 Å². The van der Waals surface area contributed by atoms with Crippen LogP contribution in [0.25, 0.3) is 0 Å². The average Bonchev–Trinajstić information content (AvgIpc) is 2.85. The first-order valence-electron chi connectivity index (χ1n) is 9.27. The number of halogens is 1. The molecule has 0 atom stereocenters. The van der Waals surface area contributed by atoms with E-state index in [0.29, 0.717) is 0 Å². The van der Waals surface area contributed by atoms with Crippen molar-refractivity contribution in [2.45, 2.75) is 51.1 Å². The van der Waals surface area contributed by atoms with Crippen molar-refractivity contribution in [1.82, 2.24) is 0 Å². The minimum absolute atomic E-state index is 0.918. The van der Waals surface area contributed by atoms with Gasteiger partial charge in [-0.25, -0.2) is 0 Å². The molecule has 128 valence electrons. The second kappa shape index (κ2) is 8.50. The van der Waals surface area contributed by atoms with Crippen LogP contribution in [-0.4, -0.2) is 39.3 Å². The number of piperidine rings is 1. The lowest BCUT2D eigenvalue weighted by atomic mass is 10.0. The Balaban J connectivity index is 1.54. The van der Waals surface area contributed by atoms with Crippen molar-refractivity contribution in [3.8, 4) is 5.75 Å². The SMILES string of the molecule is COc1ccc(Br)cc1C[NH+]1CCC([NH+]2CCCCCC2)CC1. The minimum Gasteiger partial charge on any atom is -0.496 e. The largest absolute Gasteiger partial charge is 0.496 e. The summed E-state index contributed by atoms with van der Waals surface area (Å²) in [5.41, 5.74) is 1.33. The summed E-state index contributed by atoms with van der Waals surface area (Å²) in [4.78, 5) is 3.62. The zero-order chi connectivity index (χ0) is 16.1. The Morgan fingerprint density at radius 2 is 1.74 bits per heavy atom. The van der Waals surface area contributed by atoms with Crippen LogP contribution in [0, 0.1) is 0 Å². The summed E-state index contributed by atoms with van der Waals surface area (Å²) < 4.78 is 6.68. The number of rotatable bonds is 4. The van der Waals surface area contributed by atoms with E-state index in [4.69, 9.17) is 4.74 Å². The van der Waals surface area contributed by atoms with Gasteiger partial charge in [0.15, 0.2) is 0 Å². The van der Waals surface area contributed by atoms with Gasteiger partial charge < -0.3 is 14.5 Å². The number of methoxy groups -OCH3 is 1. The number of hydrogen-bond donors (Lipinski definition) is 2. The van der Waals surface area contributed by atoms with Gasteiger partial charge in [-0.1, -0.05) is 15.9 Å². The van der Waals surface area contributed by atoms with Gasteiger partial charge in [0.2, 0.25) is 0 Å². The third-order valence-electron chi connectivity index (χ3n) is 5.70. The predicted molar refractivity (Wildman–Crippen MR) is 97.3 cm³/mol. The molecule has 2 N–H and O–H groups in total. The van der Waals surface area contributed by atoms with Gasteiger partial charge in [0.25, 0.3) is 0 Å². The third-order valence-corrected chi connectivity index (χ3v) is 6.19. The van der Waals surface area contributed by atoms with Crippen LogP contribution < -0.4 is 14.5 Å². The summed E-state index contributed by atoms with van der Waals surface area (Å²) >= 11 is 3.59. The van der Waals surface area contributed by atoms with Gasteiger partial charge in [0.1, 0.15) is 12.3 Å². The zero-order valence-electron chi connectivity index (χ0n) is 14.4. The normalized spacial score (nSPS) is 26.7. The minimum atomic E-state index is 0.918. The summed E-state index contributed by atoms with van der Waals surface area (Å²) in [6, 6.07) is 7.28. The van der Waals surface area contributed by atoms with E-state index in [1.165, 1.54) is 70.3 Å². The highest BCUT2D eigenvalue weighted by atomic mass is 79.9. The molecule has 0 spiro atoms. The number of ether oxygens (including phenoxy) is 1. The highest BCUT2D eigenvalue weighted by Crippen LogP contribution is 2.22. The number of hydrogen-bond acceptors (Lipinski definition) is 1. The van der Waals surface area contributed by atoms with Gasteiger partial charge in [-0.05, 0) is 43.9 Å². The summed E-state index contributed by atoms with van der Waals surface area (Å²) in [6.07, 6.45) is 8.57. The van der Waals surface area contributed by atoms with Crippen molar-refractivity contribution < 1.29 is 14.5 Å². The average molecular weight is 383 g/mol. The zero-order valence-corrected chi connectivity index (χ0v) is 16.0. The number of quaternary nitrogens is 2. The topological polar surface area (TPSA) is 18.1 Å². The lowest BCUT2D eigenvalue weighted by Gasteiger charge is -2.34. The molecule has 2 fully saturated rings. The fraction of sp³-hybridized carbons (Fsp3) is 0.684. The van der Waals surface area contributed by atoms with Crippen LogP contribution in [-0.2, 0) is 6.54 Å². The van der Waals surface area contributed by atoms with Crippen molar-refractivity contribution >= 4 is 15.9 Å².